The molecule has 0 unspecified atom stereocenters. The van der Waals surface area contributed by atoms with Crippen LogP contribution in [0.2, 0.25) is 0 Å². The average molecular weight is 236 g/mol. The van der Waals surface area contributed by atoms with Crippen molar-refractivity contribution in [2.24, 2.45) is 0 Å². The van der Waals surface area contributed by atoms with Crippen molar-refractivity contribution in [1.82, 2.24) is 10.3 Å². The topological polar surface area (TPSA) is 42.0 Å². The number of rotatable bonds is 2. The summed E-state index contributed by atoms with van der Waals surface area (Å²) >= 11 is 0. The summed E-state index contributed by atoms with van der Waals surface area (Å²) in [4.78, 5) is 15.5. The van der Waals surface area contributed by atoms with Gasteiger partial charge in [-0.15, -0.1) is 0 Å². The van der Waals surface area contributed by atoms with Crippen LogP contribution in [0.5, 0.6) is 0 Å². The van der Waals surface area contributed by atoms with Gasteiger partial charge in [0.05, 0.1) is 12.1 Å². The predicted molar refractivity (Wildman–Crippen MR) is 69.9 cm³/mol. The SMILES string of the molecule is O=C(NCC#Cc1ccccc1)c1cccnc1. The summed E-state index contributed by atoms with van der Waals surface area (Å²) in [6.45, 7) is 0.322. The summed E-state index contributed by atoms with van der Waals surface area (Å²) in [6, 6.07) is 13.1. The van der Waals surface area contributed by atoms with Crippen molar-refractivity contribution in [2.45, 2.75) is 0 Å². The standard InChI is InChI=1S/C15H12N2O/c18-15(14-9-5-10-16-12-14)17-11-4-8-13-6-2-1-3-7-13/h1-3,5-7,9-10,12H,11H2,(H,17,18). The van der Waals surface area contributed by atoms with Crippen LogP contribution in [0.25, 0.3) is 0 Å². The van der Waals surface area contributed by atoms with Crippen LogP contribution in [0.15, 0.2) is 54.9 Å². The molecule has 0 fully saturated rings. The minimum atomic E-state index is -0.162. The molecule has 1 heterocycles. The molecule has 1 aromatic heterocycles. The summed E-state index contributed by atoms with van der Waals surface area (Å²) in [5, 5.41) is 2.72. The lowest BCUT2D eigenvalue weighted by Gasteiger charge is -1.99. The average Bonchev–Trinajstić information content (AvgIpc) is 2.45. The lowest BCUT2D eigenvalue weighted by atomic mass is 10.2. The van der Waals surface area contributed by atoms with Crippen molar-refractivity contribution in [2.75, 3.05) is 6.54 Å². The lowest BCUT2D eigenvalue weighted by Crippen LogP contribution is -2.23. The number of benzene rings is 1. The van der Waals surface area contributed by atoms with Gasteiger partial charge in [-0.25, -0.2) is 0 Å². The molecule has 2 aromatic rings. The van der Waals surface area contributed by atoms with Crippen LogP contribution < -0.4 is 5.32 Å². The van der Waals surface area contributed by atoms with E-state index in [0.717, 1.165) is 5.56 Å². The number of carbonyl (C=O) groups excluding carboxylic acids is 1. The first-order chi connectivity index (χ1) is 8.86. The Kier molecular flexibility index (Phi) is 4.10. The van der Waals surface area contributed by atoms with Gasteiger partial charge in [0.2, 0.25) is 0 Å². The molecule has 3 nitrogen and oxygen atoms in total. The fourth-order valence-electron chi connectivity index (χ4n) is 1.39. The molecule has 0 saturated carbocycles. The number of carbonyl (C=O) groups is 1. The van der Waals surface area contributed by atoms with Crippen molar-refractivity contribution in [3.8, 4) is 11.8 Å². The van der Waals surface area contributed by atoms with Crippen LogP contribution in [-0.2, 0) is 0 Å². The highest BCUT2D eigenvalue weighted by Crippen LogP contribution is 1.95. The van der Waals surface area contributed by atoms with E-state index in [1.54, 1.807) is 18.3 Å². The second-order valence-corrected chi connectivity index (χ2v) is 3.59. The number of hydrogen-bond donors (Lipinski definition) is 1. The van der Waals surface area contributed by atoms with E-state index in [1.807, 2.05) is 30.3 Å². The van der Waals surface area contributed by atoms with E-state index in [0.29, 0.717) is 12.1 Å². The molecule has 0 aliphatic carbocycles. The molecular formula is C15H12N2O. The third kappa shape index (κ3) is 3.46. The van der Waals surface area contributed by atoms with Gasteiger partial charge in [0.15, 0.2) is 0 Å². The third-order valence-electron chi connectivity index (χ3n) is 2.27. The van der Waals surface area contributed by atoms with E-state index in [4.69, 9.17) is 0 Å². The highest BCUT2D eigenvalue weighted by Gasteiger charge is 2.01. The number of nitrogens with one attached hydrogen (secondary N) is 1. The molecule has 0 spiro atoms. The molecule has 88 valence electrons. The van der Waals surface area contributed by atoms with E-state index in [-0.39, 0.29) is 5.91 Å². The van der Waals surface area contributed by atoms with E-state index in [1.165, 1.54) is 6.20 Å². The van der Waals surface area contributed by atoms with Crippen molar-refractivity contribution in [3.63, 3.8) is 0 Å². The molecule has 0 atom stereocenters. The summed E-state index contributed by atoms with van der Waals surface area (Å²) in [6.07, 6.45) is 3.16. The Morgan fingerprint density at radius 3 is 2.72 bits per heavy atom. The van der Waals surface area contributed by atoms with Gasteiger partial charge < -0.3 is 5.32 Å². The van der Waals surface area contributed by atoms with Crippen LogP contribution >= 0.6 is 0 Å². The Hall–Kier alpha value is -2.60. The molecular weight excluding hydrogens is 224 g/mol. The van der Waals surface area contributed by atoms with Gasteiger partial charge in [0.1, 0.15) is 0 Å². The van der Waals surface area contributed by atoms with Crippen molar-refractivity contribution in [1.29, 1.82) is 0 Å². The van der Waals surface area contributed by atoms with E-state index in [9.17, 15) is 4.79 Å². The predicted octanol–water partition coefficient (Wildman–Crippen LogP) is 1.86. The second-order valence-electron chi connectivity index (χ2n) is 3.59. The summed E-state index contributed by atoms with van der Waals surface area (Å²) < 4.78 is 0. The van der Waals surface area contributed by atoms with Gasteiger partial charge in [0, 0.05) is 18.0 Å². The number of nitrogens with zero attached hydrogens (tertiary/aromatic N) is 1. The maximum Gasteiger partial charge on any atom is 0.253 e. The molecule has 1 aromatic carbocycles. The summed E-state index contributed by atoms with van der Waals surface area (Å²) in [7, 11) is 0. The zero-order valence-corrected chi connectivity index (χ0v) is 9.76. The van der Waals surface area contributed by atoms with E-state index in [2.05, 4.69) is 22.1 Å². The lowest BCUT2D eigenvalue weighted by molar-refractivity contribution is 0.0958. The van der Waals surface area contributed by atoms with E-state index < -0.39 is 0 Å². The van der Waals surface area contributed by atoms with Crippen molar-refractivity contribution >= 4 is 5.91 Å². The molecule has 0 saturated heterocycles. The smallest absolute Gasteiger partial charge is 0.253 e. The maximum atomic E-state index is 11.6. The molecule has 0 radical (unpaired) electrons. The molecule has 2 rings (SSSR count). The number of pyridine rings is 1. The van der Waals surface area contributed by atoms with Crippen LogP contribution in [0.3, 0.4) is 0 Å². The molecule has 1 amide bonds. The third-order valence-corrected chi connectivity index (χ3v) is 2.27. The molecule has 0 aliphatic heterocycles. The number of hydrogen-bond acceptors (Lipinski definition) is 2. The van der Waals surface area contributed by atoms with Crippen LogP contribution in [-0.4, -0.2) is 17.4 Å². The minimum Gasteiger partial charge on any atom is -0.341 e. The molecule has 0 aliphatic rings. The zero-order chi connectivity index (χ0) is 12.6. The van der Waals surface area contributed by atoms with Crippen LogP contribution in [0.1, 0.15) is 15.9 Å². The first kappa shape index (κ1) is 11.9. The summed E-state index contributed by atoms with van der Waals surface area (Å²) in [5.41, 5.74) is 1.48. The van der Waals surface area contributed by atoms with Crippen molar-refractivity contribution < 1.29 is 4.79 Å². The maximum absolute atomic E-state index is 11.6. The fourth-order valence-corrected chi connectivity index (χ4v) is 1.39. The first-order valence-electron chi connectivity index (χ1n) is 5.58. The summed E-state index contributed by atoms with van der Waals surface area (Å²) in [5.74, 6) is 5.71. The number of amides is 1. The van der Waals surface area contributed by atoms with Gasteiger partial charge in [-0.05, 0) is 24.3 Å². The fraction of sp³-hybridized carbons (Fsp3) is 0.0667. The van der Waals surface area contributed by atoms with Gasteiger partial charge in [0.25, 0.3) is 5.91 Å². The van der Waals surface area contributed by atoms with Gasteiger partial charge >= 0.3 is 0 Å². The molecule has 3 heteroatoms. The Morgan fingerprint density at radius 2 is 2.00 bits per heavy atom. The highest BCUT2D eigenvalue weighted by molar-refractivity contribution is 5.93. The second kappa shape index (κ2) is 6.21. The monoisotopic (exact) mass is 236 g/mol. The Morgan fingerprint density at radius 1 is 1.17 bits per heavy atom. The van der Waals surface area contributed by atoms with Gasteiger partial charge in [-0.2, -0.15) is 0 Å². The Labute approximate surface area is 106 Å². The van der Waals surface area contributed by atoms with Crippen LogP contribution in [0.4, 0.5) is 0 Å². The normalized spacial score (nSPS) is 9.11. The Bertz CT molecular complexity index is 568. The Balaban J connectivity index is 1.87. The minimum absolute atomic E-state index is 0.162. The highest BCUT2D eigenvalue weighted by atomic mass is 16.1. The van der Waals surface area contributed by atoms with Gasteiger partial charge in [-0.1, -0.05) is 30.0 Å². The number of aromatic nitrogens is 1. The van der Waals surface area contributed by atoms with Crippen LogP contribution in [0, 0.1) is 11.8 Å². The molecule has 18 heavy (non-hydrogen) atoms. The first-order valence-corrected chi connectivity index (χ1v) is 5.58. The van der Waals surface area contributed by atoms with E-state index >= 15 is 0 Å². The quantitative estimate of drug-likeness (QED) is 0.809. The van der Waals surface area contributed by atoms with Crippen molar-refractivity contribution in [3.05, 3.63) is 66.0 Å². The van der Waals surface area contributed by atoms with Gasteiger partial charge in [-0.3, -0.25) is 9.78 Å². The molecule has 0 bridgehead atoms. The zero-order valence-electron chi connectivity index (χ0n) is 9.76. The molecule has 1 N–H and O–H groups in total. The largest absolute Gasteiger partial charge is 0.341 e.